The number of rotatable bonds is 4. The number of aryl methyl sites for hydroxylation is 2. The van der Waals surface area contributed by atoms with Gasteiger partial charge in [0, 0.05) is 5.92 Å². The normalized spacial score (nSPS) is 17.5. The minimum atomic E-state index is -4.28. The zero-order valence-corrected chi connectivity index (χ0v) is 14.9. The molecule has 1 aliphatic heterocycles. The molecule has 0 aromatic heterocycles. The number of halogens is 3. The smallest absolute Gasteiger partial charge is 0.295 e. The summed E-state index contributed by atoms with van der Waals surface area (Å²) in [6.07, 6.45) is -3.88. The SMILES string of the molecule is Cc1ccc(S(=O)(=O)NC(=O)C2CCN(CC(F)(F)F)CC2)cc1C. The zero-order chi connectivity index (χ0) is 18.8. The number of benzene rings is 1. The fourth-order valence-electron chi connectivity index (χ4n) is 2.76. The fourth-order valence-corrected chi connectivity index (χ4v) is 3.89. The number of amides is 1. The maximum Gasteiger partial charge on any atom is 0.401 e. The molecule has 1 N–H and O–H groups in total. The first kappa shape index (κ1) is 19.7. The van der Waals surface area contributed by atoms with Crippen LogP contribution in [0.5, 0.6) is 0 Å². The Morgan fingerprint density at radius 1 is 1.20 bits per heavy atom. The van der Waals surface area contributed by atoms with Crippen LogP contribution in [-0.4, -0.2) is 45.0 Å². The Kier molecular flexibility index (Phi) is 5.78. The van der Waals surface area contributed by atoms with Gasteiger partial charge in [0.25, 0.3) is 10.0 Å². The lowest BCUT2D eigenvalue weighted by atomic mass is 9.96. The van der Waals surface area contributed by atoms with Gasteiger partial charge in [-0.05, 0) is 63.0 Å². The monoisotopic (exact) mass is 378 g/mol. The molecule has 0 atom stereocenters. The Labute approximate surface area is 145 Å². The average Bonchev–Trinajstić information content (AvgIpc) is 2.48. The van der Waals surface area contributed by atoms with Gasteiger partial charge in [-0.3, -0.25) is 9.69 Å². The minimum Gasteiger partial charge on any atom is -0.295 e. The Morgan fingerprint density at radius 3 is 2.32 bits per heavy atom. The van der Waals surface area contributed by atoms with E-state index >= 15 is 0 Å². The van der Waals surface area contributed by atoms with Crippen molar-refractivity contribution in [2.24, 2.45) is 5.92 Å². The molecule has 9 heteroatoms. The maximum absolute atomic E-state index is 12.4. The van der Waals surface area contributed by atoms with Crippen LogP contribution in [0.2, 0.25) is 0 Å². The van der Waals surface area contributed by atoms with Crippen LogP contribution in [0.1, 0.15) is 24.0 Å². The van der Waals surface area contributed by atoms with Crippen molar-refractivity contribution >= 4 is 15.9 Å². The summed E-state index contributed by atoms with van der Waals surface area (Å²) in [5, 5.41) is 0. The van der Waals surface area contributed by atoms with Gasteiger partial charge in [0.2, 0.25) is 5.91 Å². The van der Waals surface area contributed by atoms with Gasteiger partial charge in [-0.25, -0.2) is 13.1 Å². The molecule has 0 radical (unpaired) electrons. The number of carbonyl (C=O) groups excluding carboxylic acids is 1. The van der Waals surface area contributed by atoms with E-state index in [-0.39, 0.29) is 30.8 Å². The van der Waals surface area contributed by atoms with E-state index in [1.165, 1.54) is 17.0 Å². The van der Waals surface area contributed by atoms with Crippen LogP contribution in [-0.2, 0) is 14.8 Å². The second-order valence-corrected chi connectivity index (χ2v) is 8.06. The molecule has 140 valence electrons. The number of hydrogen-bond acceptors (Lipinski definition) is 4. The molecular formula is C16H21F3N2O3S. The lowest BCUT2D eigenvalue weighted by Crippen LogP contribution is -2.44. The highest BCUT2D eigenvalue weighted by atomic mass is 32.2. The van der Waals surface area contributed by atoms with Crippen LogP contribution >= 0.6 is 0 Å². The standard InChI is InChI=1S/C16H21F3N2O3S/c1-11-3-4-14(9-12(11)2)25(23,24)20-15(22)13-5-7-21(8-6-13)10-16(17,18)19/h3-4,9,13H,5-8,10H2,1-2H3,(H,20,22). The molecule has 0 spiro atoms. The molecule has 1 amide bonds. The van der Waals surface area contributed by atoms with Crippen molar-refractivity contribution in [2.75, 3.05) is 19.6 Å². The third-order valence-corrected chi connectivity index (χ3v) is 5.73. The highest BCUT2D eigenvalue weighted by Gasteiger charge is 2.34. The molecule has 1 saturated heterocycles. The molecule has 5 nitrogen and oxygen atoms in total. The van der Waals surface area contributed by atoms with Crippen LogP contribution in [0.3, 0.4) is 0 Å². The first-order valence-corrected chi connectivity index (χ1v) is 9.39. The number of piperidine rings is 1. The molecule has 2 rings (SSSR count). The van der Waals surface area contributed by atoms with Crippen LogP contribution < -0.4 is 4.72 Å². The Balaban J connectivity index is 1.97. The van der Waals surface area contributed by atoms with E-state index in [4.69, 9.17) is 0 Å². The van der Waals surface area contributed by atoms with Crippen LogP contribution in [0.4, 0.5) is 13.2 Å². The first-order chi connectivity index (χ1) is 11.5. The zero-order valence-electron chi connectivity index (χ0n) is 14.1. The molecule has 1 aromatic carbocycles. The van der Waals surface area contributed by atoms with Crippen molar-refractivity contribution in [2.45, 2.75) is 37.8 Å². The number of nitrogens with one attached hydrogen (secondary N) is 1. The van der Waals surface area contributed by atoms with Crippen molar-refractivity contribution in [1.82, 2.24) is 9.62 Å². The number of carbonyl (C=O) groups is 1. The highest BCUT2D eigenvalue weighted by molar-refractivity contribution is 7.90. The molecule has 0 saturated carbocycles. The topological polar surface area (TPSA) is 66.5 Å². The fraction of sp³-hybridized carbons (Fsp3) is 0.562. The summed E-state index contributed by atoms with van der Waals surface area (Å²) < 4.78 is 63.8. The van der Waals surface area contributed by atoms with Crippen molar-refractivity contribution < 1.29 is 26.4 Å². The molecule has 0 aliphatic carbocycles. The second-order valence-electron chi connectivity index (χ2n) is 6.38. The number of nitrogens with zero attached hydrogens (tertiary/aromatic N) is 1. The van der Waals surface area contributed by atoms with E-state index in [2.05, 4.69) is 0 Å². The molecule has 1 heterocycles. The molecule has 0 bridgehead atoms. The van der Waals surface area contributed by atoms with Gasteiger partial charge >= 0.3 is 6.18 Å². The third kappa shape index (κ3) is 5.43. The molecule has 25 heavy (non-hydrogen) atoms. The third-order valence-electron chi connectivity index (χ3n) is 4.38. The van der Waals surface area contributed by atoms with E-state index in [1.807, 2.05) is 11.6 Å². The number of sulfonamides is 1. The molecule has 1 aliphatic rings. The summed E-state index contributed by atoms with van der Waals surface area (Å²) in [5.41, 5.74) is 1.72. The summed E-state index contributed by atoms with van der Waals surface area (Å²) in [6.45, 7) is 2.83. The van der Waals surface area contributed by atoms with Gasteiger partial charge in [0.15, 0.2) is 0 Å². The van der Waals surface area contributed by atoms with Crippen molar-refractivity contribution in [3.8, 4) is 0 Å². The predicted molar refractivity (Wildman–Crippen MR) is 86.5 cm³/mol. The summed E-state index contributed by atoms with van der Waals surface area (Å²) in [6, 6.07) is 4.56. The molecule has 1 aromatic rings. The summed E-state index contributed by atoms with van der Waals surface area (Å²) >= 11 is 0. The quantitative estimate of drug-likeness (QED) is 0.874. The second kappa shape index (κ2) is 7.33. The Hall–Kier alpha value is -1.61. The highest BCUT2D eigenvalue weighted by Crippen LogP contribution is 2.23. The average molecular weight is 378 g/mol. The van der Waals surface area contributed by atoms with Gasteiger partial charge in [-0.15, -0.1) is 0 Å². The van der Waals surface area contributed by atoms with Crippen molar-refractivity contribution in [3.05, 3.63) is 29.3 Å². The van der Waals surface area contributed by atoms with E-state index in [9.17, 15) is 26.4 Å². The summed E-state index contributed by atoms with van der Waals surface area (Å²) in [4.78, 5) is 13.4. The van der Waals surface area contributed by atoms with Gasteiger partial charge < -0.3 is 0 Å². The van der Waals surface area contributed by atoms with E-state index in [0.29, 0.717) is 0 Å². The molecular weight excluding hydrogens is 357 g/mol. The van der Waals surface area contributed by atoms with E-state index in [1.54, 1.807) is 13.0 Å². The van der Waals surface area contributed by atoms with E-state index < -0.39 is 34.6 Å². The Bertz CT molecular complexity index is 739. The molecule has 0 unspecified atom stereocenters. The lowest BCUT2D eigenvalue weighted by molar-refractivity contribution is -0.149. The predicted octanol–water partition coefficient (Wildman–Crippen LogP) is 2.38. The lowest BCUT2D eigenvalue weighted by Gasteiger charge is -2.31. The van der Waals surface area contributed by atoms with Gasteiger partial charge in [-0.2, -0.15) is 13.2 Å². The largest absolute Gasteiger partial charge is 0.401 e. The van der Waals surface area contributed by atoms with Gasteiger partial charge in [-0.1, -0.05) is 6.07 Å². The minimum absolute atomic E-state index is 0.00143. The number of likely N-dealkylation sites (tertiary alicyclic amines) is 1. The summed E-state index contributed by atoms with van der Waals surface area (Å²) in [7, 11) is -3.98. The maximum atomic E-state index is 12.4. The molecule has 1 fully saturated rings. The van der Waals surface area contributed by atoms with Gasteiger partial charge in [0.1, 0.15) is 0 Å². The van der Waals surface area contributed by atoms with Crippen molar-refractivity contribution in [3.63, 3.8) is 0 Å². The van der Waals surface area contributed by atoms with Gasteiger partial charge in [0.05, 0.1) is 11.4 Å². The van der Waals surface area contributed by atoms with Crippen LogP contribution in [0.25, 0.3) is 0 Å². The summed E-state index contributed by atoms with van der Waals surface area (Å²) in [5.74, 6) is -1.27. The van der Waals surface area contributed by atoms with Crippen molar-refractivity contribution in [1.29, 1.82) is 0 Å². The number of alkyl halides is 3. The first-order valence-electron chi connectivity index (χ1n) is 7.91. The van der Waals surface area contributed by atoms with E-state index in [0.717, 1.165) is 11.1 Å². The number of hydrogen-bond donors (Lipinski definition) is 1. The van der Waals surface area contributed by atoms with Crippen LogP contribution in [0.15, 0.2) is 23.1 Å². The Morgan fingerprint density at radius 2 is 1.80 bits per heavy atom. The van der Waals surface area contributed by atoms with Crippen LogP contribution in [0, 0.1) is 19.8 Å².